The highest BCUT2D eigenvalue weighted by Gasteiger charge is 2.09. The summed E-state index contributed by atoms with van der Waals surface area (Å²) >= 11 is 1.63. The maximum atomic E-state index is 5.60. The summed E-state index contributed by atoms with van der Waals surface area (Å²) in [6.45, 7) is 3.32. The molecule has 2 N–H and O–H groups in total. The Bertz CT molecular complexity index is 468. The molecule has 2 aromatic rings. The van der Waals surface area contributed by atoms with E-state index in [-0.39, 0.29) is 0 Å². The van der Waals surface area contributed by atoms with Gasteiger partial charge in [0.05, 0.1) is 12.2 Å². The molecule has 0 amide bonds. The zero-order valence-electron chi connectivity index (χ0n) is 9.71. The number of thioether (sulfide) groups is 1. The van der Waals surface area contributed by atoms with E-state index >= 15 is 0 Å². The molecule has 90 valence electrons. The van der Waals surface area contributed by atoms with Crippen LogP contribution in [0, 0.1) is 0 Å². The molecule has 2 aromatic heterocycles. The second kappa shape index (κ2) is 5.79. The summed E-state index contributed by atoms with van der Waals surface area (Å²) in [7, 11) is 0. The van der Waals surface area contributed by atoms with Crippen molar-refractivity contribution in [2.75, 3.05) is 0 Å². The van der Waals surface area contributed by atoms with Gasteiger partial charge >= 0.3 is 0 Å². The Morgan fingerprint density at radius 1 is 1.35 bits per heavy atom. The molecule has 0 saturated carbocycles. The van der Waals surface area contributed by atoms with Crippen LogP contribution in [-0.2, 0) is 18.8 Å². The third kappa shape index (κ3) is 2.83. The molecule has 5 nitrogen and oxygen atoms in total. The second-order valence-electron chi connectivity index (χ2n) is 3.46. The Balaban J connectivity index is 2.06. The van der Waals surface area contributed by atoms with Crippen molar-refractivity contribution in [3.05, 3.63) is 35.9 Å². The minimum absolute atomic E-state index is 0.422. The Morgan fingerprint density at radius 2 is 2.24 bits per heavy atom. The van der Waals surface area contributed by atoms with Crippen LogP contribution in [0.5, 0.6) is 0 Å². The summed E-state index contributed by atoms with van der Waals surface area (Å²) in [4.78, 5) is 4.27. The van der Waals surface area contributed by atoms with Crippen LogP contribution in [0.2, 0.25) is 0 Å². The van der Waals surface area contributed by atoms with Crippen molar-refractivity contribution in [3.8, 4) is 0 Å². The van der Waals surface area contributed by atoms with Crippen LogP contribution in [0.15, 0.2) is 29.6 Å². The van der Waals surface area contributed by atoms with Crippen LogP contribution in [0.3, 0.4) is 0 Å². The van der Waals surface area contributed by atoms with Crippen molar-refractivity contribution in [1.29, 1.82) is 0 Å². The van der Waals surface area contributed by atoms with Gasteiger partial charge in [-0.25, -0.2) is 0 Å². The summed E-state index contributed by atoms with van der Waals surface area (Å²) in [6.07, 6.45) is 1.80. The highest BCUT2D eigenvalue weighted by molar-refractivity contribution is 7.98. The molecule has 6 heteroatoms. The minimum atomic E-state index is 0.422. The van der Waals surface area contributed by atoms with E-state index in [1.54, 1.807) is 18.0 Å². The van der Waals surface area contributed by atoms with Gasteiger partial charge in [0.15, 0.2) is 5.16 Å². The van der Waals surface area contributed by atoms with Gasteiger partial charge in [-0.3, -0.25) is 4.98 Å². The summed E-state index contributed by atoms with van der Waals surface area (Å²) in [5.74, 6) is 1.62. The normalized spacial score (nSPS) is 10.7. The number of hydrogen-bond acceptors (Lipinski definition) is 5. The zero-order valence-corrected chi connectivity index (χ0v) is 10.5. The van der Waals surface area contributed by atoms with Crippen LogP contribution in [0.1, 0.15) is 18.4 Å². The molecular weight excluding hydrogens is 234 g/mol. The molecule has 0 fully saturated rings. The number of pyridine rings is 1. The minimum Gasteiger partial charge on any atom is -0.324 e. The molecule has 0 unspecified atom stereocenters. The number of nitrogens with two attached hydrogens (primary N) is 1. The van der Waals surface area contributed by atoms with Gasteiger partial charge in [0, 0.05) is 18.5 Å². The van der Waals surface area contributed by atoms with Crippen LogP contribution >= 0.6 is 11.8 Å². The molecule has 0 aliphatic rings. The quantitative estimate of drug-likeness (QED) is 0.812. The van der Waals surface area contributed by atoms with E-state index < -0.39 is 0 Å². The molecule has 0 bridgehead atoms. The summed E-state index contributed by atoms with van der Waals surface area (Å²) in [5, 5.41) is 9.11. The fourth-order valence-electron chi connectivity index (χ4n) is 1.52. The lowest BCUT2D eigenvalue weighted by Gasteiger charge is -2.05. The van der Waals surface area contributed by atoms with Gasteiger partial charge in [-0.2, -0.15) is 0 Å². The third-order valence-corrected chi connectivity index (χ3v) is 3.37. The molecule has 0 spiro atoms. The van der Waals surface area contributed by atoms with Crippen molar-refractivity contribution in [2.45, 2.75) is 30.9 Å². The van der Waals surface area contributed by atoms with Gasteiger partial charge in [0.2, 0.25) is 0 Å². The van der Waals surface area contributed by atoms with Crippen molar-refractivity contribution in [2.24, 2.45) is 5.73 Å². The Hall–Kier alpha value is -1.40. The standard InChI is InChI=1S/C11H15N5S/c1-2-16-10(7-12)14-15-11(16)17-8-9-5-3-4-6-13-9/h3-6H,2,7-8,12H2,1H3. The average Bonchev–Trinajstić information content (AvgIpc) is 2.79. The van der Waals surface area contributed by atoms with Crippen molar-refractivity contribution in [1.82, 2.24) is 19.7 Å². The largest absolute Gasteiger partial charge is 0.324 e. The van der Waals surface area contributed by atoms with E-state index in [1.165, 1.54) is 0 Å². The van der Waals surface area contributed by atoms with Crippen LogP contribution in [0.25, 0.3) is 0 Å². The number of nitrogens with zero attached hydrogens (tertiary/aromatic N) is 4. The smallest absolute Gasteiger partial charge is 0.191 e. The Morgan fingerprint density at radius 3 is 2.88 bits per heavy atom. The maximum absolute atomic E-state index is 5.60. The number of aromatic nitrogens is 4. The van der Waals surface area contributed by atoms with Crippen LogP contribution < -0.4 is 5.73 Å². The van der Waals surface area contributed by atoms with E-state index in [0.717, 1.165) is 29.0 Å². The molecule has 0 saturated heterocycles. The highest BCUT2D eigenvalue weighted by Crippen LogP contribution is 2.20. The van der Waals surface area contributed by atoms with Crippen molar-refractivity contribution < 1.29 is 0 Å². The Labute approximate surface area is 104 Å². The Kier molecular flexibility index (Phi) is 4.11. The van der Waals surface area contributed by atoms with Gasteiger partial charge in [0.25, 0.3) is 0 Å². The highest BCUT2D eigenvalue weighted by atomic mass is 32.2. The predicted octanol–water partition coefficient (Wildman–Crippen LogP) is 1.44. The first-order valence-electron chi connectivity index (χ1n) is 5.50. The predicted molar refractivity (Wildman–Crippen MR) is 67.4 cm³/mol. The lowest BCUT2D eigenvalue weighted by molar-refractivity contribution is 0.643. The molecule has 2 heterocycles. The summed E-state index contributed by atoms with van der Waals surface area (Å²) < 4.78 is 2.04. The maximum Gasteiger partial charge on any atom is 0.191 e. The number of rotatable bonds is 5. The van der Waals surface area contributed by atoms with E-state index in [1.807, 2.05) is 22.8 Å². The molecule has 17 heavy (non-hydrogen) atoms. The molecule has 0 aliphatic carbocycles. The van der Waals surface area contributed by atoms with Gasteiger partial charge in [-0.05, 0) is 19.1 Å². The molecular formula is C11H15N5S. The van der Waals surface area contributed by atoms with Crippen LogP contribution in [0.4, 0.5) is 0 Å². The average molecular weight is 249 g/mol. The first kappa shape index (κ1) is 12.1. The lowest BCUT2D eigenvalue weighted by atomic mass is 10.4. The molecule has 0 radical (unpaired) electrons. The summed E-state index contributed by atoms with van der Waals surface area (Å²) in [5.41, 5.74) is 6.64. The monoisotopic (exact) mass is 249 g/mol. The van der Waals surface area contributed by atoms with E-state index in [9.17, 15) is 0 Å². The topological polar surface area (TPSA) is 69.6 Å². The first-order valence-corrected chi connectivity index (χ1v) is 6.48. The van der Waals surface area contributed by atoms with Gasteiger partial charge in [0.1, 0.15) is 5.82 Å². The zero-order chi connectivity index (χ0) is 12.1. The molecule has 0 aliphatic heterocycles. The first-order chi connectivity index (χ1) is 8.35. The van der Waals surface area contributed by atoms with Gasteiger partial charge in [-0.1, -0.05) is 17.8 Å². The van der Waals surface area contributed by atoms with E-state index in [0.29, 0.717) is 6.54 Å². The van der Waals surface area contributed by atoms with Crippen molar-refractivity contribution >= 4 is 11.8 Å². The van der Waals surface area contributed by atoms with Gasteiger partial charge < -0.3 is 10.3 Å². The fraction of sp³-hybridized carbons (Fsp3) is 0.364. The fourth-order valence-corrected chi connectivity index (χ4v) is 2.45. The second-order valence-corrected chi connectivity index (χ2v) is 4.40. The lowest BCUT2D eigenvalue weighted by Crippen LogP contribution is -2.08. The summed E-state index contributed by atoms with van der Waals surface area (Å²) in [6, 6.07) is 5.90. The van der Waals surface area contributed by atoms with Crippen LogP contribution in [-0.4, -0.2) is 19.7 Å². The molecule has 0 atom stereocenters. The van der Waals surface area contributed by atoms with E-state index in [2.05, 4.69) is 22.1 Å². The van der Waals surface area contributed by atoms with E-state index in [4.69, 9.17) is 5.73 Å². The third-order valence-electron chi connectivity index (χ3n) is 2.37. The van der Waals surface area contributed by atoms with Gasteiger partial charge in [-0.15, -0.1) is 10.2 Å². The number of hydrogen-bond donors (Lipinski definition) is 1. The van der Waals surface area contributed by atoms with Crippen molar-refractivity contribution in [3.63, 3.8) is 0 Å². The molecule has 2 rings (SSSR count). The SMILES string of the molecule is CCn1c(CN)nnc1SCc1ccccn1. The molecule has 0 aromatic carbocycles.